The molecule has 0 aliphatic rings. The molecule has 0 aliphatic carbocycles. The maximum absolute atomic E-state index is 11.9. The standard InChI is InChI=1S/C12H12N4O3S.C3H3F3O2/c1-19-10(17)3-6-16-5-2-9(8-14-16)11(18)15-12-13-4-7-20-12;1-8-2(7)3(4,5)6/h2,4-5,7-8H,3,6H2,1H3;1H3/p+1. The smallest absolute Gasteiger partial charge is 0.469 e. The number of rotatable bonds is 5. The average molecular weight is 421 g/mol. The minimum atomic E-state index is -4.85. The van der Waals surface area contributed by atoms with Crippen LogP contribution in [-0.4, -0.2) is 48.3 Å². The molecule has 0 saturated carbocycles. The van der Waals surface area contributed by atoms with Crippen molar-refractivity contribution in [2.75, 3.05) is 19.5 Å². The molecule has 0 aromatic carbocycles. The zero-order valence-electron chi connectivity index (χ0n) is 14.7. The van der Waals surface area contributed by atoms with Gasteiger partial charge in [-0.15, -0.1) is 11.3 Å². The van der Waals surface area contributed by atoms with E-state index in [9.17, 15) is 27.6 Å². The number of anilines is 1. The monoisotopic (exact) mass is 421 g/mol. The van der Waals surface area contributed by atoms with Crippen LogP contribution in [0.1, 0.15) is 16.8 Å². The molecule has 2 aromatic rings. The molecule has 2 heterocycles. The second-order valence-corrected chi connectivity index (χ2v) is 5.68. The van der Waals surface area contributed by atoms with Crippen molar-refractivity contribution in [3.63, 3.8) is 0 Å². The highest BCUT2D eigenvalue weighted by Gasteiger charge is 2.40. The number of halogens is 3. The fraction of sp³-hybridized carbons (Fsp3) is 0.333. The number of aromatic nitrogens is 3. The fourth-order valence-corrected chi connectivity index (χ4v) is 2.05. The van der Waals surface area contributed by atoms with Crippen LogP contribution in [-0.2, 0) is 25.6 Å². The van der Waals surface area contributed by atoms with E-state index in [0.717, 1.165) is 0 Å². The van der Waals surface area contributed by atoms with Crippen molar-refractivity contribution in [3.8, 4) is 0 Å². The number of carbonyl (C=O) groups is 3. The minimum Gasteiger partial charge on any atom is -0.469 e. The molecule has 13 heteroatoms. The van der Waals surface area contributed by atoms with E-state index in [4.69, 9.17) is 0 Å². The molecular weight excluding hydrogens is 405 g/mol. The number of esters is 2. The zero-order valence-corrected chi connectivity index (χ0v) is 15.5. The van der Waals surface area contributed by atoms with Crippen LogP contribution in [0.15, 0.2) is 30.0 Å². The quantitative estimate of drug-likeness (QED) is 0.573. The van der Waals surface area contributed by atoms with Crippen molar-refractivity contribution in [1.82, 2.24) is 10.1 Å². The third-order valence-electron chi connectivity index (χ3n) is 2.88. The molecule has 0 aliphatic heterocycles. The number of methoxy groups -OCH3 is 2. The summed E-state index contributed by atoms with van der Waals surface area (Å²) in [7, 11) is 2.02. The Morgan fingerprint density at radius 1 is 1.25 bits per heavy atom. The number of nitrogens with one attached hydrogen (secondary N) is 1. The van der Waals surface area contributed by atoms with E-state index in [2.05, 4.69) is 24.9 Å². The zero-order chi connectivity index (χ0) is 21.2. The van der Waals surface area contributed by atoms with Crippen molar-refractivity contribution in [2.45, 2.75) is 19.1 Å². The molecular formula is C15H16F3N4O5S+. The predicted molar refractivity (Wildman–Crippen MR) is 89.2 cm³/mol. The Hall–Kier alpha value is -3.09. The molecule has 0 saturated heterocycles. The van der Waals surface area contributed by atoms with E-state index < -0.39 is 12.1 Å². The van der Waals surface area contributed by atoms with Gasteiger partial charge < -0.3 is 9.47 Å². The maximum Gasteiger partial charge on any atom is 0.490 e. The molecule has 2 rings (SSSR count). The minimum absolute atomic E-state index is 0.235. The van der Waals surface area contributed by atoms with Gasteiger partial charge in [-0.2, -0.15) is 13.2 Å². The van der Waals surface area contributed by atoms with Crippen LogP contribution in [0.5, 0.6) is 0 Å². The molecule has 1 amide bonds. The van der Waals surface area contributed by atoms with E-state index >= 15 is 0 Å². The van der Waals surface area contributed by atoms with Crippen LogP contribution in [0.4, 0.5) is 18.3 Å². The Labute approximate surface area is 161 Å². The molecule has 9 nitrogen and oxygen atoms in total. The molecule has 0 bridgehead atoms. The summed E-state index contributed by atoms with van der Waals surface area (Å²) in [6.07, 6.45) is 0.0811. The van der Waals surface area contributed by atoms with Gasteiger partial charge in [-0.25, -0.2) is 9.78 Å². The summed E-state index contributed by atoms with van der Waals surface area (Å²) in [5.41, 5.74) is 0.425. The van der Waals surface area contributed by atoms with Gasteiger partial charge in [0.25, 0.3) is 5.91 Å². The first kappa shape index (κ1) is 23.0. The highest BCUT2D eigenvalue weighted by Crippen LogP contribution is 2.15. The molecule has 2 aromatic heterocycles. The normalized spacial score (nSPS) is 10.3. The van der Waals surface area contributed by atoms with Gasteiger partial charge in [0.15, 0.2) is 17.9 Å². The van der Waals surface area contributed by atoms with Crippen molar-refractivity contribution >= 4 is 34.3 Å². The van der Waals surface area contributed by atoms with E-state index in [1.54, 1.807) is 28.5 Å². The van der Waals surface area contributed by atoms with E-state index in [1.807, 2.05) is 0 Å². The Bertz CT molecular complexity index is 782. The Morgan fingerprint density at radius 2 is 1.96 bits per heavy atom. The lowest BCUT2D eigenvalue weighted by Gasteiger charge is -2.00. The Balaban J connectivity index is 0.000000416. The molecule has 0 fully saturated rings. The second kappa shape index (κ2) is 10.9. The number of carbonyl (C=O) groups excluding carboxylic acids is 3. The van der Waals surface area contributed by atoms with E-state index in [-0.39, 0.29) is 18.3 Å². The van der Waals surface area contributed by atoms with E-state index in [0.29, 0.717) is 24.3 Å². The van der Waals surface area contributed by atoms with Gasteiger partial charge in [0.2, 0.25) is 0 Å². The third kappa shape index (κ3) is 8.07. The number of aryl methyl sites for hydroxylation is 1. The highest BCUT2D eigenvalue weighted by atomic mass is 32.1. The first-order valence-electron chi connectivity index (χ1n) is 7.46. The first-order chi connectivity index (χ1) is 13.2. The van der Waals surface area contributed by atoms with Crippen molar-refractivity contribution in [1.29, 1.82) is 0 Å². The summed E-state index contributed by atoms with van der Waals surface area (Å²) in [6, 6.07) is 1.63. The largest absolute Gasteiger partial charge is 0.490 e. The maximum atomic E-state index is 11.9. The van der Waals surface area contributed by atoms with Crippen molar-refractivity contribution in [3.05, 3.63) is 35.6 Å². The lowest BCUT2D eigenvalue weighted by Crippen LogP contribution is -2.39. The van der Waals surface area contributed by atoms with Crippen LogP contribution in [0.25, 0.3) is 0 Å². The van der Waals surface area contributed by atoms with Gasteiger partial charge in [0, 0.05) is 17.6 Å². The molecule has 0 atom stereocenters. The number of nitrogens with zero attached hydrogens (tertiary/aromatic N) is 3. The van der Waals surface area contributed by atoms with Crippen LogP contribution in [0.3, 0.4) is 0 Å². The van der Waals surface area contributed by atoms with Gasteiger partial charge in [-0.1, -0.05) is 4.68 Å². The predicted octanol–water partition coefficient (Wildman–Crippen LogP) is 1.36. The van der Waals surface area contributed by atoms with E-state index in [1.165, 1.54) is 24.6 Å². The lowest BCUT2D eigenvalue weighted by atomic mass is 10.3. The van der Waals surface area contributed by atoms with Crippen LogP contribution >= 0.6 is 11.3 Å². The second-order valence-electron chi connectivity index (χ2n) is 4.79. The molecule has 1 N–H and O–H groups in total. The fourth-order valence-electron chi connectivity index (χ4n) is 1.53. The average Bonchev–Trinajstić information content (AvgIpc) is 3.18. The van der Waals surface area contributed by atoms with Crippen LogP contribution < -0.4 is 10.00 Å². The van der Waals surface area contributed by atoms with Gasteiger partial charge in [0.05, 0.1) is 19.8 Å². The molecule has 152 valence electrons. The molecule has 28 heavy (non-hydrogen) atoms. The van der Waals surface area contributed by atoms with Crippen molar-refractivity contribution < 1.29 is 41.7 Å². The summed E-state index contributed by atoms with van der Waals surface area (Å²) < 4.78 is 42.4. The summed E-state index contributed by atoms with van der Waals surface area (Å²) in [5, 5.41) is 9.05. The summed E-state index contributed by atoms with van der Waals surface area (Å²) in [4.78, 5) is 36.3. The summed E-state index contributed by atoms with van der Waals surface area (Å²) in [6.45, 7) is 0.404. The molecule has 0 spiro atoms. The Kier molecular flexibility index (Phi) is 8.95. The van der Waals surface area contributed by atoms with Gasteiger partial charge in [-0.3, -0.25) is 14.9 Å². The number of alkyl halides is 3. The highest BCUT2D eigenvalue weighted by molar-refractivity contribution is 7.13. The SMILES string of the molecule is COC(=O)C(F)(F)F.COC(=O)CC[n+]1ccc(C(=O)Nc2nccs2)cn1. The van der Waals surface area contributed by atoms with Crippen molar-refractivity contribution in [2.24, 2.45) is 0 Å². The number of thiazole rings is 1. The number of hydrogen-bond donors (Lipinski definition) is 1. The lowest BCUT2D eigenvalue weighted by molar-refractivity contribution is -0.753. The Morgan fingerprint density at radius 3 is 2.39 bits per heavy atom. The summed E-state index contributed by atoms with van der Waals surface area (Å²) in [5.74, 6) is -2.74. The third-order valence-corrected chi connectivity index (χ3v) is 3.56. The van der Waals surface area contributed by atoms with Crippen LogP contribution in [0, 0.1) is 0 Å². The number of ether oxygens (including phenoxy) is 2. The van der Waals surface area contributed by atoms with Gasteiger partial charge in [0.1, 0.15) is 12.6 Å². The summed E-state index contributed by atoms with van der Waals surface area (Å²) >= 11 is 1.34. The number of hydrogen-bond acceptors (Lipinski definition) is 8. The van der Waals surface area contributed by atoms with Crippen LogP contribution in [0.2, 0.25) is 0 Å². The number of amides is 1. The first-order valence-corrected chi connectivity index (χ1v) is 8.34. The van der Waals surface area contributed by atoms with Gasteiger partial charge >= 0.3 is 18.1 Å². The molecule has 0 unspecified atom stereocenters. The topological polar surface area (TPSA) is 111 Å². The molecule has 0 radical (unpaired) electrons. The van der Waals surface area contributed by atoms with Gasteiger partial charge in [-0.05, 0) is 5.10 Å².